The maximum atomic E-state index is 12.2. The second kappa shape index (κ2) is 7.47. The SMILES string of the molecule is CC(C)C[C@@H](NC(=O)N(C)C1CCCN(C)C1)C(=O)O. The van der Waals surface area contributed by atoms with Crippen molar-refractivity contribution in [2.24, 2.45) is 5.92 Å². The number of nitrogens with one attached hydrogen (secondary N) is 1. The summed E-state index contributed by atoms with van der Waals surface area (Å²) in [5.41, 5.74) is 0. The van der Waals surface area contributed by atoms with Gasteiger partial charge in [0.25, 0.3) is 0 Å². The molecule has 1 unspecified atom stereocenters. The van der Waals surface area contributed by atoms with E-state index in [0.717, 1.165) is 25.9 Å². The molecule has 1 aliphatic heterocycles. The monoisotopic (exact) mass is 285 g/mol. The van der Waals surface area contributed by atoms with Crippen molar-refractivity contribution in [3.8, 4) is 0 Å². The second-order valence-corrected chi connectivity index (χ2v) is 6.14. The minimum Gasteiger partial charge on any atom is -0.480 e. The van der Waals surface area contributed by atoms with Gasteiger partial charge in [0.15, 0.2) is 0 Å². The van der Waals surface area contributed by atoms with Crippen molar-refractivity contribution in [3.63, 3.8) is 0 Å². The van der Waals surface area contributed by atoms with Crippen LogP contribution < -0.4 is 5.32 Å². The highest BCUT2D eigenvalue weighted by molar-refractivity contribution is 5.82. The predicted octanol–water partition coefficient (Wildman–Crippen LogP) is 1.22. The lowest BCUT2D eigenvalue weighted by atomic mass is 10.0. The molecular formula is C14H27N3O3. The summed E-state index contributed by atoms with van der Waals surface area (Å²) in [6, 6.07) is -0.952. The molecule has 1 saturated heterocycles. The van der Waals surface area contributed by atoms with Crippen LogP contribution in [0.2, 0.25) is 0 Å². The molecule has 0 aromatic carbocycles. The summed E-state index contributed by atoms with van der Waals surface area (Å²) in [6.07, 6.45) is 2.48. The maximum Gasteiger partial charge on any atom is 0.326 e. The van der Waals surface area contributed by atoms with Gasteiger partial charge < -0.3 is 20.2 Å². The van der Waals surface area contributed by atoms with Gasteiger partial charge in [-0.2, -0.15) is 0 Å². The number of carboxylic acid groups (broad SMARTS) is 1. The summed E-state index contributed by atoms with van der Waals surface area (Å²) >= 11 is 0. The first-order valence-corrected chi connectivity index (χ1v) is 7.26. The van der Waals surface area contributed by atoms with E-state index >= 15 is 0 Å². The fourth-order valence-corrected chi connectivity index (χ4v) is 2.56. The highest BCUT2D eigenvalue weighted by Crippen LogP contribution is 2.14. The lowest BCUT2D eigenvalue weighted by Crippen LogP contribution is -2.53. The molecule has 0 aromatic rings. The normalized spacial score (nSPS) is 21.6. The van der Waals surface area contributed by atoms with E-state index in [1.54, 1.807) is 11.9 Å². The molecule has 0 aliphatic carbocycles. The molecule has 6 nitrogen and oxygen atoms in total. The Bertz CT molecular complexity index is 347. The van der Waals surface area contributed by atoms with E-state index in [9.17, 15) is 9.59 Å². The number of likely N-dealkylation sites (N-methyl/N-ethyl adjacent to an activating group) is 2. The third-order valence-electron chi connectivity index (χ3n) is 3.77. The van der Waals surface area contributed by atoms with Crippen LogP contribution in [0.4, 0.5) is 4.79 Å². The average molecular weight is 285 g/mol. The van der Waals surface area contributed by atoms with Crippen LogP contribution >= 0.6 is 0 Å². The standard InChI is InChI=1S/C14H27N3O3/c1-10(2)8-12(13(18)19)15-14(20)17(4)11-6-5-7-16(3)9-11/h10-12H,5-9H2,1-4H3,(H,15,20)(H,18,19)/t11?,12-/m1/s1. The lowest BCUT2D eigenvalue weighted by Gasteiger charge is -2.36. The molecule has 6 heteroatoms. The summed E-state index contributed by atoms with van der Waals surface area (Å²) in [7, 11) is 3.78. The molecule has 1 rings (SSSR count). The minimum absolute atomic E-state index is 0.155. The zero-order valence-electron chi connectivity index (χ0n) is 12.9. The quantitative estimate of drug-likeness (QED) is 0.796. The van der Waals surface area contributed by atoms with Crippen molar-refractivity contribution in [3.05, 3.63) is 0 Å². The van der Waals surface area contributed by atoms with Gasteiger partial charge in [0.1, 0.15) is 6.04 Å². The van der Waals surface area contributed by atoms with Gasteiger partial charge >= 0.3 is 12.0 Å². The molecule has 20 heavy (non-hydrogen) atoms. The number of amides is 2. The fraction of sp³-hybridized carbons (Fsp3) is 0.857. The largest absolute Gasteiger partial charge is 0.480 e. The lowest BCUT2D eigenvalue weighted by molar-refractivity contribution is -0.139. The van der Waals surface area contributed by atoms with Gasteiger partial charge in [-0.15, -0.1) is 0 Å². The molecule has 0 radical (unpaired) electrons. The molecule has 1 fully saturated rings. The van der Waals surface area contributed by atoms with E-state index in [0.29, 0.717) is 6.42 Å². The molecule has 2 N–H and O–H groups in total. The molecule has 2 atom stereocenters. The van der Waals surface area contributed by atoms with Crippen molar-refractivity contribution >= 4 is 12.0 Å². The first kappa shape index (κ1) is 16.8. The number of urea groups is 1. The Morgan fingerprint density at radius 2 is 2.10 bits per heavy atom. The van der Waals surface area contributed by atoms with Crippen LogP contribution in [-0.2, 0) is 4.79 Å². The van der Waals surface area contributed by atoms with Gasteiger partial charge in [0, 0.05) is 19.6 Å². The summed E-state index contributed by atoms with van der Waals surface area (Å²) in [4.78, 5) is 27.2. The average Bonchev–Trinajstić information content (AvgIpc) is 2.36. The topological polar surface area (TPSA) is 72.9 Å². The number of likely N-dealkylation sites (tertiary alicyclic amines) is 1. The van der Waals surface area contributed by atoms with Crippen LogP contribution in [0.25, 0.3) is 0 Å². The summed E-state index contributed by atoms with van der Waals surface area (Å²) in [5, 5.41) is 11.8. The van der Waals surface area contributed by atoms with E-state index in [1.807, 2.05) is 20.9 Å². The van der Waals surface area contributed by atoms with E-state index < -0.39 is 12.0 Å². The number of carboxylic acids is 1. The Morgan fingerprint density at radius 3 is 2.60 bits per heavy atom. The Balaban J connectivity index is 2.56. The highest BCUT2D eigenvalue weighted by atomic mass is 16.4. The number of aliphatic carboxylic acids is 1. The number of nitrogens with zero attached hydrogens (tertiary/aromatic N) is 2. The van der Waals surface area contributed by atoms with Crippen LogP contribution in [0.3, 0.4) is 0 Å². The van der Waals surface area contributed by atoms with Crippen LogP contribution in [0, 0.1) is 5.92 Å². The van der Waals surface area contributed by atoms with Crippen molar-refractivity contribution in [1.82, 2.24) is 15.1 Å². The minimum atomic E-state index is -0.971. The zero-order chi connectivity index (χ0) is 15.3. The van der Waals surface area contributed by atoms with Crippen molar-refractivity contribution in [2.75, 3.05) is 27.2 Å². The first-order chi connectivity index (χ1) is 9.31. The zero-order valence-corrected chi connectivity index (χ0v) is 12.9. The number of hydrogen-bond acceptors (Lipinski definition) is 3. The second-order valence-electron chi connectivity index (χ2n) is 6.14. The maximum absolute atomic E-state index is 12.2. The molecule has 0 bridgehead atoms. The molecule has 2 amide bonds. The molecule has 0 spiro atoms. The Kier molecular flexibility index (Phi) is 6.26. The molecule has 0 saturated carbocycles. The van der Waals surface area contributed by atoms with Crippen LogP contribution in [0.5, 0.6) is 0 Å². The molecule has 116 valence electrons. The van der Waals surface area contributed by atoms with Crippen LogP contribution in [0.1, 0.15) is 33.1 Å². The molecule has 1 aliphatic rings. The number of carbonyl (C=O) groups is 2. The Morgan fingerprint density at radius 1 is 1.45 bits per heavy atom. The molecular weight excluding hydrogens is 258 g/mol. The summed E-state index contributed by atoms with van der Waals surface area (Å²) in [6.45, 7) is 5.78. The number of rotatable bonds is 5. The molecule has 1 heterocycles. The van der Waals surface area contributed by atoms with Crippen LogP contribution in [0.15, 0.2) is 0 Å². The first-order valence-electron chi connectivity index (χ1n) is 7.26. The summed E-state index contributed by atoms with van der Waals surface area (Å²) in [5.74, 6) is -0.747. The summed E-state index contributed by atoms with van der Waals surface area (Å²) < 4.78 is 0. The third-order valence-corrected chi connectivity index (χ3v) is 3.77. The number of carbonyl (C=O) groups excluding carboxylic acids is 1. The van der Waals surface area contributed by atoms with Crippen LogP contribution in [-0.4, -0.2) is 66.2 Å². The van der Waals surface area contributed by atoms with Gasteiger partial charge in [-0.25, -0.2) is 9.59 Å². The van der Waals surface area contributed by atoms with Gasteiger partial charge in [-0.05, 0) is 38.8 Å². The van der Waals surface area contributed by atoms with Crippen molar-refractivity contribution in [2.45, 2.75) is 45.2 Å². The van der Waals surface area contributed by atoms with E-state index in [4.69, 9.17) is 5.11 Å². The molecule has 0 aromatic heterocycles. The van der Waals surface area contributed by atoms with E-state index in [1.165, 1.54) is 0 Å². The van der Waals surface area contributed by atoms with E-state index in [-0.39, 0.29) is 18.0 Å². The predicted molar refractivity (Wildman–Crippen MR) is 77.7 cm³/mol. The fourth-order valence-electron chi connectivity index (χ4n) is 2.56. The smallest absolute Gasteiger partial charge is 0.326 e. The third kappa shape index (κ3) is 5.00. The van der Waals surface area contributed by atoms with Gasteiger partial charge in [0.2, 0.25) is 0 Å². The van der Waals surface area contributed by atoms with Gasteiger partial charge in [0.05, 0.1) is 0 Å². The van der Waals surface area contributed by atoms with Gasteiger partial charge in [-0.1, -0.05) is 13.8 Å². The van der Waals surface area contributed by atoms with E-state index in [2.05, 4.69) is 10.2 Å². The highest BCUT2D eigenvalue weighted by Gasteiger charge is 2.28. The Hall–Kier alpha value is -1.30. The Labute approximate surface area is 121 Å². The number of hydrogen-bond donors (Lipinski definition) is 2. The van der Waals surface area contributed by atoms with Crippen molar-refractivity contribution in [1.29, 1.82) is 0 Å². The number of piperidine rings is 1. The van der Waals surface area contributed by atoms with Crippen molar-refractivity contribution < 1.29 is 14.7 Å². The van der Waals surface area contributed by atoms with Gasteiger partial charge in [-0.3, -0.25) is 0 Å².